The SMILES string of the molecule is Cc1ccc(S(=O)c2nc(-c3ccc(C#N)cc3)ns2)cc1. The van der Waals surface area contributed by atoms with Crippen LogP contribution in [0.5, 0.6) is 0 Å². The van der Waals surface area contributed by atoms with Crippen molar-refractivity contribution in [3.8, 4) is 17.5 Å². The highest BCUT2D eigenvalue weighted by Crippen LogP contribution is 2.23. The molecule has 108 valence electrons. The lowest BCUT2D eigenvalue weighted by Gasteiger charge is -1.98. The second kappa shape index (κ2) is 6.18. The van der Waals surface area contributed by atoms with Crippen molar-refractivity contribution in [2.75, 3.05) is 0 Å². The quantitative estimate of drug-likeness (QED) is 0.738. The molecule has 0 fully saturated rings. The first kappa shape index (κ1) is 14.6. The zero-order chi connectivity index (χ0) is 15.5. The normalized spacial score (nSPS) is 11.8. The Bertz CT molecular complexity index is 862. The van der Waals surface area contributed by atoms with Gasteiger partial charge >= 0.3 is 0 Å². The highest BCUT2D eigenvalue weighted by molar-refractivity contribution is 7.87. The molecule has 0 aliphatic heterocycles. The van der Waals surface area contributed by atoms with Gasteiger partial charge in [0.1, 0.15) is 10.8 Å². The van der Waals surface area contributed by atoms with Crippen LogP contribution in [0.25, 0.3) is 11.4 Å². The molecule has 22 heavy (non-hydrogen) atoms. The fourth-order valence-electron chi connectivity index (χ4n) is 1.86. The number of nitrogens with zero attached hydrogens (tertiary/aromatic N) is 3. The van der Waals surface area contributed by atoms with Crippen molar-refractivity contribution in [2.24, 2.45) is 0 Å². The maximum atomic E-state index is 12.5. The van der Waals surface area contributed by atoms with Gasteiger partial charge in [0.2, 0.25) is 4.34 Å². The Morgan fingerprint density at radius 2 is 1.77 bits per heavy atom. The molecule has 4 nitrogen and oxygen atoms in total. The van der Waals surface area contributed by atoms with Gasteiger partial charge < -0.3 is 0 Å². The maximum Gasteiger partial charge on any atom is 0.205 e. The third-order valence-electron chi connectivity index (χ3n) is 3.07. The smallest absolute Gasteiger partial charge is 0.205 e. The van der Waals surface area contributed by atoms with Gasteiger partial charge in [0.25, 0.3) is 0 Å². The van der Waals surface area contributed by atoms with Crippen LogP contribution in [0, 0.1) is 18.3 Å². The molecule has 0 aliphatic carbocycles. The third-order valence-corrected chi connectivity index (χ3v) is 5.37. The molecule has 2 aromatic carbocycles. The molecule has 0 radical (unpaired) electrons. The number of hydrogen-bond acceptors (Lipinski definition) is 5. The summed E-state index contributed by atoms with van der Waals surface area (Å²) in [5, 5.41) is 8.80. The molecule has 0 bridgehead atoms. The maximum absolute atomic E-state index is 12.5. The van der Waals surface area contributed by atoms with Crippen LogP contribution in [0.3, 0.4) is 0 Å². The minimum atomic E-state index is -1.32. The molecule has 0 amide bonds. The second-order valence-corrected chi connectivity index (χ2v) is 7.06. The summed E-state index contributed by atoms with van der Waals surface area (Å²) in [6.07, 6.45) is 0. The number of rotatable bonds is 3. The van der Waals surface area contributed by atoms with Crippen molar-refractivity contribution in [3.63, 3.8) is 0 Å². The van der Waals surface area contributed by atoms with Gasteiger partial charge in [0.15, 0.2) is 5.82 Å². The van der Waals surface area contributed by atoms with E-state index in [9.17, 15) is 4.21 Å². The molecule has 1 unspecified atom stereocenters. The number of benzene rings is 2. The Kier molecular flexibility index (Phi) is 4.09. The van der Waals surface area contributed by atoms with Gasteiger partial charge in [-0.15, -0.1) is 0 Å². The van der Waals surface area contributed by atoms with Gasteiger partial charge in [0, 0.05) is 10.5 Å². The molecule has 1 heterocycles. The zero-order valence-electron chi connectivity index (χ0n) is 11.7. The van der Waals surface area contributed by atoms with Crippen LogP contribution in [0.4, 0.5) is 0 Å². The highest BCUT2D eigenvalue weighted by atomic mass is 32.2. The van der Waals surface area contributed by atoms with Crippen molar-refractivity contribution in [2.45, 2.75) is 16.2 Å². The number of aryl methyl sites for hydroxylation is 1. The van der Waals surface area contributed by atoms with Gasteiger partial charge in [-0.25, -0.2) is 9.19 Å². The molecule has 1 atom stereocenters. The summed E-state index contributed by atoms with van der Waals surface area (Å²) < 4.78 is 17.2. The summed E-state index contributed by atoms with van der Waals surface area (Å²) in [6.45, 7) is 1.99. The molecule has 0 spiro atoms. The Morgan fingerprint density at radius 3 is 2.41 bits per heavy atom. The van der Waals surface area contributed by atoms with Crippen molar-refractivity contribution in [1.82, 2.24) is 9.36 Å². The van der Waals surface area contributed by atoms with Crippen LogP contribution < -0.4 is 0 Å². The fraction of sp³-hybridized carbons (Fsp3) is 0.0625. The van der Waals surface area contributed by atoms with Crippen LogP contribution in [-0.2, 0) is 10.8 Å². The first-order valence-corrected chi connectivity index (χ1v) is 8.42. The second-order valence-electron chi connectivity index (χ2n) is 4.65. The van der Waals surface area contributed by atoms with Crippen LogP contribution in [0.2, 0.25) is 0 Å². The van der Waals surface area contributed by atoms with Crippen LogP contribution in [0.1, 0.15) is 11.1 Å². The molecular formula is C16H11N3OS2. The molecule has 1 aromatic heterocycles. The summed E-state index contributed by atoms with van der Waals surface area (Å²) in [5.74, 6) is 0.532. The van der Waals surface area contributed by atoms with E-state index in [0.29, 0.717) is 20.6 Å². The molecule has 3 aromatic rings. The lowest BCUT2D eigenvalue weighted by atomic mass is 10.1. The van der Waals surface area contributed by atoms with Crippen molar-refractivity contribution < 1.29 is 4.21 Å². The first-order valence-electron chi connectivity index (χ1n) is 6.50. The summed E-state index contributed by atoms with van der Waals surface area (Å²) >= 11 is 1.14. The summed E-state index contributed by atoms with van der Waals surface area (Å²) in [4.78, 5) is 5.07. The lowest BCUT2D eigenvalue weighted by molar-refractivity contribution is 0.682. The Balaban J connectivity index is 1.88. The molecule has 0 N–H and O–H groups in total. The van der Waals surface area contributed by atoms with E-state index in [0.717, 1.165) is 22.7 Å². The summed E-state index contributed by atoms with van der Waals surface area (Å²) in [5.41, 5.74) is 2.51. The van der Waals surface area contributed by atoms with Crippen LogP contribution in [-0.4, -0.2) is 13.6 Å². The minimum absolute atomic E-state index is 0.475. The van der Waals surface area contributed by atoms with Gasteiger partial charge in [0.05, 0.1) is 11.6 Å². The standard InChI is InChI=1S/C16H11N3OS2/c1-11-2-8-14(9-3-11)22(20)16-18-15(19-21-16)13-6-4-12(10-17)5-7-13/h2-9H,1H3. The van der Waals surface area contributed by atoms with E-state index >= 15 is 0 Å². The zero-order valence-corrected chi connectivity index (χ0v) is 13.3. The monoisotopic (exact) mass is 325 g/mol. The Labute approximate surface area is 134 Å². The molecule has 6 heteroatoms. The van der Waals surface area contributed by atoms with Gasteiger partial charge in [-0.3, -0.25) is 0 Å². The van der Waals surface area contributed by atoms with E-state index in [1.807, 2.05) is 31.2 Å². The Morgan fingerprint density at radius 1 is 1.09 bits per heavy atom. The average Bonchev–Trinajstić information content (AvgIpc) is 3.05. The molecule has 0 saturated carbocycles. The molecule has 0 saturated heterocycles. The van der Waals surface area contributed by atoms with Crippen molar-refractivity contribution >= 4 is 22.3 Å². The van der Waals surface area contributed by atoms with Crippen molar-refractivity contribution in [3.05, 3.63) is 59.7 Å². The van der Waals surface area contributed by atoms with E-state index in [2.05, 4.69) is 15.4 Å². The molecule has 0 aliphatic rings. The third kappa shape index (κ3) is 2.96. The first-order chi connectivity index (χ1) is 10.7. The van der Waals surface area contributed by atoms with Gasteiger partial charge in [-0.05, 0) is 54.9 Å². The number of aromatic nitrogens is 2. The predicted octanol–water partition coefficient (Wildman–Crippen LogP) is 3.55. The van der Waals surface area contributed by atoms with Crippen LogP contribution >= 0.6 is 11.5 Å². The van der Waals surface area contributed by atoms with E-state index in [1.54, 1.807) is 24.3 Å². The van der Waals surface area contributed by atoms with Crippen molar-refractivity contribution in [1.29, 1.82) is 5.26 Å². The minimum Gasteiger partial charge on any atom is -0.247 e. The summed E-state index contributed by atoms with van der Waals surface area (Å²) in [6, 6.07) is 16.6. The van der Waals surface area contributed by atoms with Gasteiger partial charge in [-0.2, -0.15) is 9.64 Å². The molecular weight excluding hydrogens is 314 g/mol. The highest BCUT2D eigenvalue weighted by Gasteiger charge is 2.14. The van der Waals surface area contributed by atoms with E-state index in [-0.39, 0.29) is 0 Å². The van der Waals surface area contributed by atoms with Crippen LogP contribution in [0.15, 0.2) is 57.8 Å². The van der Waals surface area contributed by atoms with E-state index in [1.165, 1.54) is 0 Å². The topological polar surface area (TPSA) is 66.6 Å². The van der Waals surface area contributed by atoms with E-state index in [4.69, 9.17) is 5.26 Å². The number of nitriles is 1. The fourth-order valence-corrected chi connectivity index (χ4v) is 3.72. The van der Waals surface area contributed by atoms with Gasteiger partial charge in [-0.1, -0.05) is 17.7 Å². The number of hydrogen-bond donors (Lipinski definition) is 0. The predicted molar refractivity (Wildman–Crippen MR) is 85.9 cm³/mol. The largest absolute Gasteiger partial charge is 0.247 e. The summed E-state index contributed by atoms with van der Waals surface area (Å²) in [7, 11) is -1.32. The lowest BCUT2D eigenvalue weighted by Crippen LogP contribution is -1.92. The van der Waals surface area contributed by atoms with E-state index < -0.39 is 10.8 Å². The Hall–Kier alpha value is -2.36. The average molecular weight is 325 g/mol. The molecule has 3 rings (SSSR count).